The number of nitro benzene ring substituents is 1. The standard InChI is InChI=1S/C30H39N3O5/c1-28(2,3)31-26(35)23-11-10-21-20-9-12-24-30(5,22(20)13-15-29(21,23)4)16-14-25(34)32(24)27(36)18-7-6-8-19(17-18)33(37)38/h6-8,14,16-17,20-24H,9-13,15H2,1-5H3,(H,31,35)/t20-,21-,22-,23+,24+,29-,30+/m0/s1. The molecule has 5 rings (SSSR count). The summed E-state index contributed by atoms with van der Waals surface area (Å²) >= 11 is 0. The molecule has 1 aliphatic heterocycles. The number of imide groups is 1. The normalized spacial score (nSPS) is 36.2. The second-order valence-corrected chi connectivity index (χ2v) is 13.4. The zero-order valence-electron chi connectivity index (χ0n) is 23.0. The molecule has 7 atom stereocenters. The lowest BCUT2D eigenvalue weighted by atomic mass is 9.47. The molecule has 4 aliphatic rings. The fourth-order valence-electron chi connectivity index (χ4n) is 8.52. The van der Waals surface area contributed by atoms with Crippen LogP contribution in [0.4, 0.5) is 5.69 Å². The molecule has 1 N–H and O–H groups in total. The van der Waals surface area contributed by atoms with Crippen molar-refractivity contribution in [2.45, 2.75) is 84.7 Å². The van der Waals surface area contributed by atoms with E-state index in [2.05, 4.69) is 19.2 Å². The number of hydrogen-bond acceptors (Lipinski definition) is 5. The van der Waals surface area contributed by atoms with Gasteiger partial charge in [-0.25, -0.2) is 0 Å². The smallest absolute Gasteiger partial charge is 0.270 e. The van der Waals surface area contributed by atoms with Crippen LogP contribution < -0.4 is 5.32 Å². The van der Waals surface area contributed by atoms with E-state index in [-0.39, 0.29) is 51.4 Å². The number of carbonyl (C=O) groups excluding carboxylic acids is 3. The Morgan fingerprint density at radius 1 is 1.08 bits per heavy atom. The first-order valence-electron chi connectivity index (χ1n) is 13.9. The third kappa shape index (κ3) is 4.16. The van der Waals surface area contributed by atoms with Gasteiger partial charge in [-0.3, -0.25) is 29.4 Å². The number of carbonyl (C=O) groups is 3. The Balaban J connectivity index is 1.42. The van der Waals surface area contributed by atoms with Crippen molar-refractivity contribution in [2.24, 2.45) is 34.5 Å². The highest BCUT2D eigenvalue weighted by molar-refractivity contribution is 6.09. The second kappa shape index (κ2) is 9.02. The lowest BCUT2D eigenvalue weighted by Gasteiger charge is -2.60. The maximum Gasteiger partial charge on any atom is 0.270 e. The zero-order chi connectivity index (χ0) is 27.6. The fraction of sp³-hybridized carbons (Fsp3) is 0.633. The summed E-state index contributed by atoms with van der Waals surface area (Å²) in [6.45, 7) is 10.6. The second-order valence-electron chi connectivity index (χ2n) is 13.4. The largest absolute Gasteiger partial charge is 0.351 e. The Bertz CT molecular complexity index is 1220. The van der Waals surface area contributed by atoms with Crippen LogP contribution >= 0.6 is 0 Å². The van der Waals surface area contributed by atoms with Crippen LogP contribution in [0.3, 0.4) is 0 Å². The van der Waals surface area contributed by atoms with Crippen LogP contribution in [0, 0.1) is 44.6 Å². The van der Waals surface area contributed by atoms with Gasteiger partial charge in [0.25, 0.3) is 17.5 Å². The van der Waals surface area contributed by atoms with E-state index in [9.17, 15) is 24.5 Å². The van der Waals surface area contributed by atoms with Crippen molar-refractivity contribution in [3.05, 3.63) is 52.1 Å². The van der Waals surface area contributed by atoms with Gasteiger partial charge in [0.2, 0.25) is 5.91 Å². The van der Waals surface area contributed by atoms with E-state index >= 15 is 0 Å². The van der Waals surface area contributed by atoms with Crippen molar-refractivity contribution < 1.29 is 19.3 Å². The molecule has 8 heteroatoms. The monoisotopic (exact) mass is 521 g/mol. The Labute approximate surface area is 224 Å². The van der Waals surface area contributed by atoms with Gasteiger partial charge in [-0.1, -0.05) is 26.0 Å². The number of non-ortho nitro benzene ring substituents is 1. The topological polar surface area (TPSA) is 110 Å². The maximum absolute atomic E-state index is 13.6. The molecule has 0 saturated heterocycles. The first-order valence-corrected chi connectivity index (χ1v) is 13.9. The SMILES string of the molecule is CC(C)(C)NC(=O)[C@H]1CC[C@H]2[C@@H]3CC[C@H]4N(C(=O)c5cccc([N+](=O)[O-])c5)C(=O)C=C[C@]4(C)[C@H]3CC[C@]12C. The zero-order valence-corrected chi connectivity index (χ0v) is 23.0. The van der Waals surface area contributed by atoms with Gasteiger partial charge in [0.15, 0.2) is 0 Å². The molecule has 3 aliphatic carbocycles. The number of benzene rings is 1. The van der Waals surface area contributed by atoms with E-state index in [4.69, 9.17) is 0 Å². The number of nitrogens with zero attached hydrogens (tertiary/aromatic N) is 2. The predicted molar refractivity (Wildman–Crippen MR) is 143 cm³/mol. The quantitative estimate of drug-likeness (QED) is 0.331. The molecule has 0 unspecified atom stereocenters. The van der Waals surface area contributed by atoms with E-state index < -0.39 is 10.8 Å². The summed E-state index contributed by atoms with van der Waals surface area (Å²) in [5.74, 6) is 0.498. The number of amides is 3. The molecule has 0 bridgehead atoms. The van der Waals surface area contributed by atoms with Gasteiger partial charge in [0, 0.05) is 46.7 Å². The van der Waals surface area contributed by atoms with E-state index in [1.807, 2.05) is 26.8 Å². The summed E-state index contributed by atoms with van der Waals surface area (Å²) < 4.78 is 0. The summed E-state index contributed by atoms with van der Waals surface area (Å²) in [4.78, 5) is 52.1. The first kappa shape index (κ1) is 26.6. The van der Waals surface area contributed by atoms with Crippen LogP contribution in [0.25, 0.3) is 0 Å². The van der Waals surface area contributed by atoms with Crippen LogP contribution in [0.2, 0.25) is 0 Å². The highest BCUT2D eigenvalue weighted by atomic mass is 16.6. The fourth-order valence-corrected chi connectivity index (χ4v) is 8.52. The number of nitro groups is 1. The van der Waals surface area contributed by atoms with Gasteiger partial charge in [-0.2, -0.15) is 0 Å². The summed E-state index contributed by atoms with van der Waals surface area (Å²) in [6.07, 6.45) is 8.97. The third-order valence-corrected chi connectivity index (χ3v) is 10.2. The lowest BCUT2D eigenvalue weighted by molar-refractivity contribution is -0.384. The van der Waals surface area contributed by atoms with Gasteiger partial charge >= 0.3 is 0 Å². The summed E-state index contributed by atoms with van der Waals surface area (Å²) in [5.41, 5.74) is -0.692. The number of fused-ring (bicyclic) bond motifs is 5. The lowest BCUT2D eigenvalue weighted by Crippen LogP contribution is -2.62. The van der Waals surface area contributed by atoms with Crippen LogP contribution in [0.1, 0.15) is 83.5 Å². The first-order chi connectivity index (χ1) is 17.8. The molecule has 3 amide bonds. The summed E-state index contributed by atoms with van der Waals surface area (Å²) in [7, 11) is 0. The van der Waals surface area contributed by atoms with Crippen molar-refractivity contribution in [1.82, 2.24) is 10.2 Å². The molecular formula is C30H39N3O5. The van der Waals surface area contributed by atoms with Crippen molar-refractivity contribution in [3.8, 4) is 0 Å². The Kier molecular flexibility index (Phi) is 6.31. The molecule has 0 spiro atoms. The third-order valence-electron chi connectivity index (χ3n) is 10.2. The molecule has 38 heavy (non-hydrogen) atoms. The Hall–Kier alpha value is -3.03. The average Bonchev–Trinajstić information content (AvgIpc) is 3.20. The minimum absolute atomic E-state index is 0.00799. The van der Waals surface area contributed by atoms with Gasteiger partial charge in [-0.15, -0.1) is 0 Å². The summed E-state index contributed by atoms with van der Waals surface area (Å²) in [5, 5.41) is 14.5. The van der Waals surface area contributed by atoms with Crippen LogP contribution in [-0.2, 0) is 9.59 Å². The number of rotatable bonds is 3. The molecule has 0 radical (unpaired) electrons. The Morgan fingerprint density at radius 2 is 1.82 bits per heavy atom. The minimum Gasteiger partial charge on any atom is -0.351 e. The van der Waals surface area contributed by atoms with Crippen LogP contribution in [0.5, 0.6) is 0 Å². The number of hydrogen-bond donors (Lipinski definition) is 1. The molecule has 8 nitrogen and oxygen atoms in total. The molecule has 204 valence electrons. The van der Waals surface area contributed by atoms with E-state index in [0.29, 0.717) is 24.2 Å². The highest BCUT2D eigenvalue weighted by Crippen LogP contribution is 2.65. The van der Waals surface area contributed by atoms with Crippen molar-refractivity contribution in [2.75, 3.05) is 0 Å². The van der Waals surface area contributed by atoms with E-state index in [1.54, 1.807) is 0 Å². The molecule has 3 saturated carbocycles. The average molecular weight is 522 g/mol. The molecule has 1 aromatic carbocycles. The van der Waals surface area contributed by atoms with Gasteiger partial charge in [0.1, 0.15) is 0 Å². The van der Waals surface area contributed by atoms with Crippen LogP contribution in [-0.4, -0.2) is 39.1 Å². The van der Waals surface area contributed by atoms with E-state index in [0.717, 1.165) is 32.1 Å². The molecular weight excluding hydrogens is 482 g/mol. The highest BCUT2D eigenvalue weighted by Gasteiger charge is 2.62. The summed E-state index contributed by atoms with van der Waals surface area (Å²) in [6, 6.07) is 5.33. The molecule has 3 fully saturated rings. The van der Waals surface area contributed by atoms with Crippen molar-refractivity contribution in [1.29, 1.82) is 0 Å². The van der Waals surface area contributed by atoms with Crippen molar-refractivity contribution >= 4 is 23.4 Å². The van der Waals surface area contributed by atoms with Gasteiger partial charge in [-0.05, 0) is 88.5 Å². The maximum atomic E-state index is 13.6. The molecule has 1 aromatic rings. The van der Waals surface area contributed by atoms with E-state index in [1.165, 1.54) is 35.2 Å². The van der Waals surface area contributed by atoms with Crippen molar-refractivity contribution in [3.63, 3.8) is 0 Å². The van der Waals surface area contributed by atoms with Crippen LogP contribution in [0.15, 0.2) is 36.4 Å². The minimum atomic E-state index is -0.528. The number of nitrogens with one attached hydrogen (secondary N) is 1. The predicted octanol–water partition coefficient (Wildman–Crippen LogP) is 5.28. The van der Waals surface area contributed by atoms with Gasteiger partial charge in [0.05, 0.1) is 4.92 Å². The molecule has 1 heterocycles. The molecule has 0 aromatic heterocycles. The Morgan fingerprint density at radius 3 is 2.50 bits per heavy atom. The van der Waals surface area contributed by atoms with Gasteiger partial charge < -0.3 is 5.32 Å².